The van der Waals surface area contributed by atoms with Crippen molar-refractivity contribution in [3.8, 4) is 0 Å². The highest BCUT2D eigenvalue weighted by Gasteiger charge is 2.82. The van der Waals surface area contributed by atoms with Crippen LogP contribution in [0.2, 0.25) is 0 Å². The summed E-state index contributed by atoms with van der Waals surface area (Å²) >= 11 is 0. The van der Waals surface area contributed by atoms with Crippen molar-refractivity contribution in [2.24, 2.45) is 5.73 Å². The van der Waals surface area contributed by atoms with Crippen molar-refractivity contribution in [2.75, 3.05) is 13.2 Å². The molecular weight excluding hydrogens is 273 g/mol. The molecule has 3 rings (SSSR count). The summed E-state index contributed by atoms with van der Waals surface area (Å²) in [5.74, 6) is 0. The number of hydrogen-bond donors (Lipinski definition) is 4. The second-order valence-corrected chi connectivity index (χ2v) is 5.16. The number of aliphatic hydroxyl groups excluding tert-OH is 2. The second kappa shape index (κ2) is 3.98. The summed E-state index contributed by atoms with van der Waals surface area (Å²) in [6.07, 6.45) is -1.60. The van der Waals surface area contributed by atoms with Crippen LogP contribution >= 0.6 is 0 Å². The van der Waals surface area contributed by atoms with E-state index in [1.54, 1.807) is 0 Å². The first-order valence-corrected chi connectivity index (χ1v) is 6.08. The first-order valence-electron chi connectivity index (χ1n) is 6.08. The molecule has 1 saturated carbocycles. The van der Waals surface area contributed by atoms with E-state index in [0.29, 0.717) is 0 Å². The van der Waals surface area contributed by atoms with E-state index in [9.17, 15) is 24.2 Å². The molecule has 110 valence electrons. The van der Waals surface area contributed by atoms with Gasteiger partial charge in [-0.1, -0.05) is 0 Å². The molecule has 20 heavy (non-hydrogen) atoms. The molecular formula is C11H14FN3O5. The lowest BCUT2D eigenvalue weighted by atomic mass is 9.94. The maximum absolute atomic E-state index is 14.8. The van der Waals surface area contributed by atoms with Gasteiger partial charge in [0.15, 0.2) is 5.67 Å². The van der Waals surface area contributed by atoms with Gasteiger partial charge in [-0.2, -0.15) is 0 Å². The quantitative estimate of drug-likeness (QED) is 0.477. The maximum Gasteiger partial charge on any atom is 0.328 e. The molecule has 0 spiro atoms. The first-order chi connectivity index (χ1) is 9.40. The number of rotatable bonds is 3. The third-order valence-corrected chi connectivity index (χ3v) is 4.11. The number of aromatic nitrogens is 2. The molecule has 2 aliphatic rings. The van der Waals surface area contributed by atoms with Gasteiger partial charge in [0.25, 0.3) is 5.56 Å². The molecule has 5 atom stereocenters. The van der Waals surface area contributed by atoms with Gasteiger partial charge in [0, 0.05) is 18.8 Å². The van der Waals surface area contributed by atoms with Gasteiger partial charge in [-0.3, -0.25) is 14.3 Å². The number of alkyl halides is 1. The molecule has 1 aliphatic carbocycles. The van der Waals surface area contributed by atoms with Crippen LogP contribution in [0.4, 0.5) is 4.39 Å². The molecule has 2 fully saturated rings. The van der Waals surface area contributed by atoms with Crippen LogP contribution in [0.15, 0.2) is 21.9 Å². The zero-order chi connectivity index (χ0) is 14.7. The van der Waals surface area contributed by atoms with Crippen LogP contribution in [0.25, 0.3) is 0 Å². The summed E-state index contributed by atoms with van der Waals surface area (Å²) in [6, 6.07) is 0.0287. The number of ether oxygens (including phenoxy) is 1. The molecule has 0 bridgehead atoms. The molecule has 8 nitrogen and oxygen atoms in total. The minimum atomic E-state index is -2.20. The Kier molecular flexibility index (Phi) is 2.67. The Morgan fingerprint density at radius 1 is 1.55 bits per heavy atom. The monoisotopic (exact) mass is 287 g/mol. The van der Waals surface area contributed by atoms with Crippen molar-refractivity contribution in [1.29, 1.82) is 0 Å². The average molecular weight is 287 g/mol. The van der Waals surface area contributed by atoms with Gasteiger partial charge in [-0.15, -0.1) is 0 Å². The number of H-pyrrole nitrogens is 1. The van der Waals surface area contributed by atoms with Crippen molar-refractivity contribution < 1.29 is 19.3 Å². The van der Waals surface area contributed by atoms with E-state index in [4.69, 9.17) is 10.5 Å². The van der Waals surface area contributed by atoms with Crippen LogP contribution in [0.5, 0.6) is 0 Å². The van der Waals surface area contributed by atoms with E-state index in [1.807, 2.05) is 4.98 Å². The number of halogens is 1. The van der Waals surface area contributed by atoms with Gasteiger partial charge in [0.2, 0.25) is 0 Å². The van der Waals surface area contributed by atoms with Gasteiger partial charge in [-0.25, -0.2) is 9.18 Å². The molecule has 1 aromatic rings. The Morgan fingerprint density at radius 3 is 2.70 bits per heavy atom. The SMILES string of the molecule is NC[C@]1(CO)O[C@H]2C(n3ccc(=O)[nH]c3=O)[C@]2(F)[C@@H]1O. The minimum Gasteiger partial charge on any atom is -0.393 e. The fourth-order valence-electron chi connectivity index (χ4n) is 2.87. The van der Waals surface area contributed by atoms with E-state index >= 15 is 0 Å². The van der Waals surface area contributed by atoms with Gasteiger partial charge >= 0.3 is 5.69 Å². The highest BCUT2D eigenvalue weighted by atomic mass is 19.1. The van der Waals surface area contributed by atoms with Gasteiger partial charge in [0.05, 0.1) is 6.61 Å². The third kappa shape index (κ3) is 1.43. The van der Waals surface area contributed by atoms with Gasteiger partial charge in [0.1, 0.15) is 23.9 Å². The van der Waals surface area contributed by atoms with E-state index in [-0.39, 0.29) is 6.54 Å². The summed E-state index contributed by atoms with van der Waals surface area (Å²) < 4.78 is 21.1. The zero-order valence-corrected chi connectivity index (χ0v) is 10.3. The van der Waals surface area contributed by atoms with Crippen molar-refractivity contribution in [2.45, 2.75) is 29.5 Å². The Hall–Kier alpha value is -1.55. The highest BCUT2D eigenvalue weighted by molar-refractivity contribution is 5.31. The fraction of sp³-hybridized carbons (Fsp3) is 0.636. The lowest BCUT2D eigenvalue weighted by Gasteiger charge is -2.32. The smallest absolute Gasteiger partial charge is 0.328 e. The molecule has 0 aromatic carbocycles. The number of nitrogens with one attached hydrogen (secondary N) is 1. The zero-order valence-electron chi connectivity index (χ0n) is 10.3. The van der Waals surface area contributed by atoms with E-state index in [2.05, 4.69) is 0 Å². The second-order valence-electron chi connectivity index (χ2n) is 5.16. The molecule has 0 radical (unpaired) electrons. The number of aliphatic hydroxyl groups is 2. The lowest BCUT2D eigenvalue weighted by Crippen LogP contribution is -2.55. The lowest BCUT2D eigenvalue weighted by molar-refractivity contribution is -0.124. The topological polar surface area (TPSA) is 131 Å². The number of hydrogen-bond acceptors (Lipinski definition) is 6. The number of nitrogens with zero attached hydrogens (tertiary/aromatic N) is 1. The average Bonchev–Trinajstić information content (AvgIpc) is 2.92. The Labute approximate surface area is 111 Å². The summed E-state index contributed by atoms with van der Waals surface area (Å²) in [5, 5.41) is 19.3. The summed E-state index contributed by atoms with van der Waals surface area (Å²) in [5.41, 5.74) is 0.275. The summed E-state index contributed by atoms with van der Waals surface area (Å²) in [6.45, 7) is -0.875. The van der Waals surface area contributed by atoms with Crippen molar-refractivity contribution in [1.82, 2.24) is 9.55 Å². The van der Waals surface area contributed by atoms with E-state index in [0.717, 1.165) is 16.8 Å². The number of fused-ring (bicyclic) bond motifs is 1. The maximum atomic E-state index is 14.8. The van der Waals surface area contributed by atoms with Crippen molar-refractivity contribution in [3.05, 3.63) is 33.1 Å². The molecule has 5 N–H and O–H groups in total. The van der Waals surface area contributed by atoms with Crippen LogP contribution in [0.1, 0.15) is 6.04 Å². The van der Waals surface area contributed by atoms with Crippen LogP contribution < -0.4 is 17.0 Å². The van der Waals surface area contributed by atoms with Gasteiger partial charge in [-0.05, 0) is 0 Å². The summed E-state index contributed by atoms with van der Waals surface area (Å²) in [7, 11) is 0. The number of nitrogens with two attached hydrogens (primary N) is 1. The van der Waals surface area contributed by atoms with Crippen LogP contribution in [0, 0.1) is 0 Å². The predicted octanol–water partition coefficient (Wildman–Crippen LogP) is -2.75. The molecule has 2 heterocycles. The van der Waals surface area contributed by atoms with E-state index in [1.165, 1.54) is 0 Å². The largest absolute Gasteiger partial charge is 0.393 e. The molecule has 1 saturated heterocycles. The third-order valence-electron chi connectivity index (χ3n) is 4.11. The molecule has 1 aromatic heterocycles. The van der Waals surface area contributed by atoms with Crippen molar-refractivity contribution >= 4 is 0 Å². The normalized spacial score (nSPS) is 42.5. The Morgan fingerprint density at radius 2 is 2.25 bits per heavy atom. The molecule has 1 unspecified atom stereocenters. The Bertz CT molecular complexity index is 654. The molecule has 0 amide bonds. The van der Waals surface area contributed by atoms with Crippen molar-refractivity contribution in [3.63, 3.8) is 0 Å². The van der Waals surface area contributed by atoms with Crippen LogP contribution in [-0.2, 0) is 4.74 Å². The minimum absolute atomic E-state index is 0.250. The molecule has 9 heteroatoms. The Balaban J connectivity index is 1.96. The van der Waals surface area contributed by atoms with E-state index < -0.39 is 47.4 Å². The van der Waals surface area contributed by atoms with Crippen LogP contribution in [-0.4, -0.2) is 56.4 Å². The predicted molar refractivity (Wildman–Crippen MR) is 63.9 cm³/mol. The number of aromatic amines is 1. The van der Waals surface area contributed by atoms with Crippen LogP contribution in [0.3, 0.4) is 0 Å². The standard InChI is InChI=1S/C11H14FN3O5/c12-11-6(15-2-1-5(17)14-9(15)19)7(11)20-10(3-13,4-16)8(11)18/h1-2,6-8,16,18H,3-4,13H2,(H,14,17,19)/t6?,7-,8+,10+,11+/m0/s1. The van der Waals surface area contributed by atoms with Gasteiger partial charge < -0.3 is 20.7 Å². The molecule has 1 aliphatic heterocycles. The first kappa shape index (κ1) is 13.4. The highest BCUT2D eigenvalue weighted by Crippen LogP contribution is 2.63. The fourth-order valence-corrected chi connectivity index (χ4v) is 2.87. The summed E-state index contributed by atoms with van der Waals surface area (Å²) in [4.78, 5) is 24.6.